The third-order valence-electron chi connectivity index (χ3n) is 3.27. The summed E-state index contributed by atoms with van der Waals surface area (Å²) in [5, 5.41) is 3.30. The van der Waals surface area contributed by atoms with Crippen LogP contribution in [-0.4, -0.2) is 21.5 Å². The molecular weight excluding hydrogens is 296 g/mol. The second kappa shape index (κ2) is 6.53. The lowest BCUT2D eigenvalue weighted by Crippen LogP contribution is -2.08. The Labute approximate surface area is 133 Å². The highest BCUT2D eigenvalue weighted by Crippen LogP contribution is 2.23. The zero-order valence-electron chi connectivity index (χ0n) is 12.4. The molecule has 0 bridgehead atoms. The molecule has 22 heavy (non-hydrogen) atoms. The van der Waals surface area contributed by atoms with E-state index in [9.17, 15) is 0 Å². The number of anilines is 1. The normalized spacial score (nSPS) is 11.9. The van der Waals surface area contributed by atoms with Crippen molar-refractivity contribution in [3.63, 3.8) is 0 Å². The van der Waals surface area contributed by atoms with Crippen LogP contribution in [0, 0.1) is 0 Å². The third-order valence-corrected chi connectivity index (χ3v) is 4.20. The van der Waals surface area contributed by atoms with E-state index in [-0.39, 0.29) is 6.04 Å². The fraction of sp³-hybridized carbons (Fsp3) is 0.188. The Kier molecular flexibility index (Phi) is 4.29. The van der Waals surface area contributed by atoms with Crippen molar-refractivity contribution in [2.24, 2.45) is 0 Å². The lowest BCUT2D eigenvalue weighted by atomic mass is 10.1. The summed E-state index contributed by atoms with van der Waals surface area (Å²) in [6.07, 6.45) is 3.56. The van der Waals surface area contributed by atoms with Crippen molar-refractivity contribution < 1.29 is 4.74 Å². The number of rotatable bonds is 5. The highest BCUT2D eigenvalue weighted by Gasteiger charge is 2.09. The molecule has 0 radical (unpaired) electrons. The van der Waals surface area contributed by atoms with E-state index >= 15 is 0 Å². The second-order valence-corrected chi connectivity index (χ2v) is 5.64. The summed E-state index contributed by atoms with van der Waals surface area (Å²) in [5.41, 5.74) is 1.90. The molecule has 1 unspecified atom stereocenters. The molecule has 0 aliphatic rings. The van der Waals surface area contributed by atoms with Gasteiger partial charge in [-0.15, -0.1) is 0 Å². The van der Waals surface area contributed by atoms with E-state index in [1.165, 1.54) is 11.5 Å². The highest BCUT2D eigenvalue weighted by atomic mass is 32.1. The Hall–Kier alpha value is -2.47. The van der Waals surface area contributed by atoms with E-state index in [1.54, 1.807) is 19.5 Å². The van der Waals surface area contributed by atoms with Gasteiger partial charge >= 0.3 is 0 Å². The molecule has 0 aliphatic carbocycles. The Bertz CT molecular complexity index is 728. The summed E-state index contributed by atoms with van der Waals surface area (Å²) >= 11 is 1.47. The van der Waals surface area contributed by atoms with Gasteiger partial charge in [-0.1, -0.05) is 0 Å². The van der Waals surface area contributed by atoms with Crippen LogP contribution in [-0.2, 0) is 0 Å². The first kappa shape index (κ1) is 14.5. The average molecular weight is 312 g/mol. The molecule has 1 atom stereocenters. The molecule has 2 aromatic heterocycles. The van der Waals surface area contributed by atoms with Crippen molar-refractivity contribution in [2.75, 3.05) is 12.4 Å². The molecule has 3 aromatic rings. The molecule has 3 rings (SSSR count). The third kappa shape index (κ3) is 3.23. The summed E-state index contributed by atoms with van der Waals surface area (Å²) in [6.45, 7) is 2.07. The summed E-state index contributed by atoms with van der Waals surface area (Å²) in [4.78, 5) is 10.0. The SMILES string of the molecule is COc1ccc(-c2ccnc(NC(C)c3ccns3)n2)cc1. The minimum Gasteiger partial charge on any atom is -0.497 e. The number of methoxy groups -OCH3 is 1. The van der Waals surface area contributed by atoms with Crippen molar-refractivity contribution >= 4 is 17.5 Å². The van der Waals surface area contributed by atoms with Crippen LogP contribution in [0.2, 0.25) is 0 Å². The highest BCUT2D eigenvalue weighted by molar-refractivity contribution is 7.05. The Morgan fingerprint density at radius 2 is 1.91 bits per heavy atom. The lowest BCUT2D eigenvalue weighted by Gasteiger charge is -2.12. The van der Waals surface area contributed by atoms with Gasteiger partial charge in [-0.25, -0.2) is 14.3 Å². The molecule has 5 nitrogen and oxygen atoms in total. The van der Waals surface area contributed by atoms with E-state index in [4.69, 9.17) is 4.74 Å². The summed E-state index contributed by atoms with van der Waals surface area (Å²) in [6, 6.07) is 11.8. The van der Waals surface area contributed by atoms with Gasteiger partial charge in [0.25, 0.3) is 0 Å². The monoisotopic (exact) mass is 312 g/mol. The second-order valence-electron chi connectivity index (χ2n) is 4.77. The van der Waals surface area contributed by atoms with Crippen molar-refractivity contribution in [3.8, 4) is 17.0 Å². The van der Waals surface area contributed by atoms with Crippen LogP contribution in [0.4, 0.5) is 5.95 Å². The molecule has 1 aromatic carbocycles. The van der Waals surface area contributed by atoms with Crippen LogP contribution in [0.5, 0.6) is 5.75 Å². The van der Waals surface area contributed by atoms with E-state index in [0.717, 1.165) is 21.9 Å². The van der Waals surface area contributed by atoms with Crippen LogP contribution in [0.25, 0.3) is 11.3 Å². The molecule has 0 spiro atoms. The fourth-order valence-electron chi connectivity index (χ4n) is 2.06. The van der Waals surface area contributed by atoms with Crippen molar-refractivity contribution in [1.82, 2.24) is 14.3 Å². The van der Waals surface area contributed by atoms with Gasteiger partial charge in [0, 0.05) is 22.8 Å². The Balaban J connectivity index is 1.79. The summed E-state index contributed by atoms with van der Waals surface area (Å²) in [7, 11) is 1.66. The van der Waals surface area contributed by atoms with Crippen LogP contribution in [0.1, 0.15) is 17.8 Å². The van der Waals surface area contributed by atoms with E-state index in [2.05, 4.69) is 26.6 Å². The standard InChI is InChI=1S/C16H16N4OS/c1-11(15-8-10-18-22-15)19-16-17-9-7-14(20-16)12-3-5-13(21-2)6-4-12/h3-11H,1-2H3,(H,17,19,20). The number of nitrogens with zero attached hydrogens (tertiary/aromatic N) is 3. The smallest absolute Gasteiger partial charge is 0.223 e. The molecule has 0 amide bonds. The number of hydrogen-bond donors (Lipinski definition) is 1. The quantitative estimate of drug-likeness (QED) is 0.777. The molecule has 0 saturated heterocycles. The van der Waals surface area contributed by atoms with Crippen LogP contribution in [0.3, 0.4) is 0 Å². The molecule has 1 N–H and O–H groups in total. The Morgan fingerprint density at radius 1 is 1.09 bits per heavy atom. The average Bonchev–Trinajstić information content (AvgIpc) is 3.10. The maximum Gasteiger partial charge on any atom is 0.223 e. The zero-order valence-corrected chi connectivity index (χ0v) is 13.2. The largest absolute Gasteiger partial charge is 0.497 e. The first-order chi connectivity index (χ1) is 10.8. The van der Waals surface area contributed by atoms with Gasteiger partial charge in [0.2, 0.25) is 5.95 Å². The predicted molar refractivity (Wildman–Crippen MR) is 88.2 cm³/mol. The molecular formula is C16H16N4OS. The van der Waals surface area contributed by atoms with Crippen molar-refractivity contribution in [2.45, 2.75) is 13.0 Å². The van der Waals surface area contributed by atoms with Gasteiger partial charge in [-0.3, -0.25) is 0 Å². The number of benzene rings is 1. The molecule has 2 heterocycles. The minimum absolute atomic E-state index is 0.124. The Morgan fingerprint density at radius 3 is 2.59 bits per heavy atom. The van der Waals surface area contributed by atoms with Crippen LogP contribution >= 0.6 is 11.5 Å². The summed E-state index contributed by atoms with van der Waals surface area (Å²) < 4.78 is 9.29. The van der Waals surface area contributed by atoms with Gasteiger partial charge in [-0.2, -0.15) is 0 Å². The molecule has 0 saturated carbocycles. The molecule has 0 fully saturated rings. The van der Waals surface area contributed by atoms with Crippen molar-refractivity contribution in [3.05, 3.63) is 53.7 Å². The number of ether oxygens (including phenoxy) is 1. The number of hydrogen-bond acceptors (Lipinski definition) is 6. The predicted octanol–water partition coefficient (Wildman–Crippen LogP) is 3.78. The van der Waals surface area contributed by atoms with E-state index < -0.39 is 0 Å². The van der Waals surface area contributed by atoms with Crippen LogP contribution < -0.4 is 10.1 Å². The van der Waals surface area contributed by atoms with Gasteiger partial charge in [-0.05, 0) is 54.9 Å². The number of nitrogens with one attached hydrogen (secondary N) is 1. The minimum atomic E-state index is 0.124. The molecule has 6 heteroatoms. The summed E-state index contributed by atoms with van der Waals surface area (Å²) in [5.74, 6) is 1.43. The van der Waals surface area contributed by atoms with Crippen molar-refractivity contribution in [1.29, 1.82) is 0 Å². The first-order valence-electron chi connectivity index (χ1n) is 6.91. The van der Waals surface area contributed by atoms with Gasteiger partial charge < -0.3 is 10.1 Å². The van der Waals surface area contributed by atoms with Gasteiger partial charge in [0.05, 0.1) is 18.8 Å². The zero-order chi connectivity index (χ0) is 15.4. The van der Waals surface area contributed by atoms with Gasteiger partial charge in [0.1, 0.15) is 5.75 Å². The van der Waals surface area contributed by atoms with Crippen LogP contribution in [0.15, 0.2) is 48.8 Å². The lowest BCUT2D eigenvalue weighted by molar-refractivity contribution is 0.415. The number of aromatic nitrogens is 3. The maximum absolute atomic E-state index is 5.17. The fourth-order valence-corrected chi connectivity index (χ4v) is 2.65. The molecule has 0 aliphatic heterocycles. The molecule has 112 valence electrons. The maximum atomic E-state index is 5.17. The van der Waals surface area contributed by atoms with Gasteiger partial charge in [0.15, 0.2) is 0 Å². The van der Waals surface area contributed by atoms with E-state index in [0.29, 0.717) is 5.95 Å². The first-order valence-corrected chi connectivity index (χ1v) is 7.68. The topological polar surface area (TPSA) is 59.9 Å². The van der Waals surface area contributed by atoms with E-state index in [1.807, 2.05) is 36.4 Å².